The van der Waals surface area contributed by atoms with Gasteiger partial charge in [0.15, 0.2) is 5.13 Å². The van der Waals surface area contributed by atoms with Crippen LogP contribution in [0.15, 0.2) is 60.0 Å². The standard InChI is InChI=1S/C26H27N7OS/c34-25(28-20-8-4-5-9-23(20)32-14-11-27-12-15-32)22-17-35-26(29-22)33-13-10-19-21(16-33)30-31-24(19)18-6-2-1-3-7-18/h1-9,17,27H,10-16H2,(H,28,34)(H,30,31). The summed E-state index contributed by atoms with van der Waals surface area (Å²) in [6, 6.07) is 18.3. The zero-order valence-corrected chi connectivity index (χ0v) is 20.1. The van der Waals surface area contributed by atoms with Crippen LogP contribution in [0.2, 0.25) is 0 Å². The summed E-state index contributed by atoms with van der Waals surface area (Å²) in [7, 11) is 0. The number of fused-ring (bicyclic) bond motifs is 1. The van der Waals surface area contributed by atoms with Crippen LogP contribution in [0.3, 0.4) is 0 Å². The predicted molar refractivity (Wildman–Crippen MR) is 140 cm³/mol. The minimum Gasteiger partial charge on any atom is -0.367 e. The number of anilines is 3. The molecule has 2 aromatic heterocycles. The van der Waals surface area contributed by atoms with Gasteiger partial charge in [-0.05, 0) is 18.6 Å². The van der Waals surface area contributed by atoms with Gasteiger partial charge in [0.05, 0.1) is 29.3 Å². The number of amides is 1. The number of hydrogen-bond donors (Lipinski definition) is 3. The van der Waals surface area contributed by atoms with Crippen LogP contribution in [-0.4, -0.2) is 53.8 Å². The van der Waals surface area contributed by atoms with Crippen molar-refractivity contribution in [2.75, 3.05) is 47.8 Å². The molecule has 0 aliphatic carbocycles. The molecule has 0 bridgehead atoms. The van der Waals surface area contributed by atoms with Crippen molar-refractivity contribution in [1.29, 1.82) is 0 Å². The Balaban J connectivity index is 1.16. The number of rotatable bonds is 5. The average Bonchev–Trinajstić information content (AvgIpc) is 3.58. The topological polar surface area (TPSA) is 89.2 Å². The van der Waals surface area contributed by atoms with Crippen LogP contribution in [0.4, 0.5) is 16.5 Å². The summed E-state index contributed by atoms with van der Waals surface area (Å²) in [6.45, 7) is 5.27. The van der Waals surface area contributed by atoms with Crippen molar-refractivity contribution >= 4 is 33.8 Å². The molecule has 8 nitrogen and oxygen atoms in total. The molecule has 178 valence electrons. The van der Waals surface area contributed by atoms with Crippen LogP contribution < -0.4 is 20.4 Å². The number of aromatic amines is 1. The third-order valence-corrected chi connectivity index (χ3v) is 7.49. The van der Waals surface area contributed by atoms with Gasteiger partial charge >= 0.3 is 0 Å². The average molecular weight is 486 g/mol. The molecule has 1 amide bonds. The fourth-order valence-corrected chi connectivity index (χ4v) is 5.61. The number of nitrogens with one attached hydrogen (secondary N) is 3. The van der Waals surface area contributed by atoms with Crippen LogP contribution >= 0.6 is 11.3 Å². The summed E-state index contributed by atoms with van der Waals surface area (Å²) in [5, 5.41) is 17.0. The van der Waals surface area contributed by atoms with E-state index in [1.807, 2.05) is 41.8 Å². The second-order valence-electron chi connectivity index (χ2n) is 8.79. The summed E-state index contributed by atoms with van der Waals surface area (Å²) in [4.78, 5) is 22.3. The third kappa shape index (κ3) is 4.40. The number of H-pyrrole nitrogens is 1. The largest absolute Gasteiger partial charge is 0.367 e. The van der Waals surface area contributed by atoms with Crippen LogP contribution in [-0.2, 0) is 13.0 Å². The number of carbonyl (C=O) groups excluding carboxylic acids is 1. The van der Waals surface area contributed by atoms with E-state index >= 15 is 0 Å². The van der Waals surface area contributed by atoms with Gasteiger partial charge in [-0.25, -0.2) is 4.98 Å². The van der Waals surface area contributed by atoms with Crippen molar-refractivity contribution < 1.29 is 4.79 Å². The summed E-state index contributed by atoms with van der Waals surface area (Å²) < 4.78 is 0. The van der Waals surface area contributed by atoms with Crippen LogP contribution in [0.5, 0.6) is 0 Å². The lowest BCUT2D eigenvalue weighted by Gasteiger charge is -2.31. The Bertz CT molecular complexity index is 1330. The molecule has 0 spiro atoms. The van der Waals surface area contributed by atoms with Gasteiger partial charge in [-0.3, -0.25) is 9.89 Å². The lowest BCUT2D eigenvalue weighted by molar-refractivity contribution is 0.102. The molecule has 0 unspecified atom stereocenters. The van der Waals surface area contributed by atoms with Crippen molar-refractivity contribution in [1.82, 2.24) is 20.5 Å². The summed E-state index contributed by atoms with van der Waals surface area (Å²) >= 11 is 1.51. The van der Waals surface area contributed by atoms with Crippen LogP contribution in [0, 0.1) is 0 Å². The van der Waals surface area contributed by atoms with Gasteiger partial charge in [0.2, 0.25) is 0 Å². The molecule has 9 heteroatoms. The lowest BCUT2D eigenvalue weighted by Crippen LogP contribution is -2.43. The number of thiazole rings is 1. The van der Waals surface area contributed by atoms with Gasteiger partial charge in [-0.15, -0.1) is 11.3 Å². The molecule has 0 atom stereocenters. The maximum atomic E-state index is 13.1. The monoisotopic (exact) mass is 485 g/mol. The molecule has 0 radical (unpaired) electrons. The Labute approximate surface area is 208 Å². The molecule has 4 heterocycles. The molecule has 2 aliphatic heterocycles. The third-order valence-electron chi connectivity index (χ3n) is 6.59. The van der Waals surface area contributed by atoms with E-state index in [0.717, 1.165) is 72.6 Å². The molecule has 2 aliphatic rings. The second kappa shape index (κ2) is 9.52. The van der Waals surface area contributed by atoms with Crippen molar-refractivity contribution in [3.05, 3.63) is 76.9 Å². The first-order valence-electron chi connectivity index (χ1n) is 11.9. The Morgan fingerprint density at radius 1 is 0.971 bits per heavy atom. The predicted octanol–water partition coefficient (Wildman–Crippen LogP) is 3.76. The Kier molecular flexibility index (Phi) is 5.93. The van der Waals surface area contributed by atoms with E-state index in [1.54, 1.807) is 0 Å². The van der Waals surface area contributed by atoms with E-state index in [0.29, 0.717) is 12.2 Å². The molecule has 6 rings (SSSR count). The lowest BCUT2D eigenvalue weighted by atomic mass is 10.0. The molecule has 3 N–H and O–H groups in total. The van der Waals surface area contributed by atoms with Gasteiger partial charge < -0.3 is 20.4 Å². The molecule has 35 heavy (non-hydrogen) atoms. The molecule has 1 fully saturated rings. The van der Waals surface area contributed by atoms with Gasteiger partial charge in [0, 0.05) is 49.2 Å². The van der Waals surface area contributed by atoms with E-state index in [4.69, 9.17) is 0 Å². The highest BCUT2D eigenvalue weighted by Crippen LogP contribution is 2.32. The Morgan fingerprint density at radius 3 is 2.63 bits per heavy atom. The van der Waals surface area contributed by atoms with Crippen molar-refractivity contribution in [2.24, 2.45) is 0 Å². The van der Waals surface area contributed by atoms with Gasteiger partial charge in [-0.1, -0.05) is 42.5 Å². The highest BCUT2D eigenvalue weighted by atomic mass is 32.1. The van der Waals surface area contributed by atoms with Crippen LogP contribution in [0.25, 0.3) is 11.3 Å². The first-order valence-corrected chi connectivity index (χ1v) is 12.8. The van der Waals surface area contributed by atoms with Crippen molar-refractivity contribution in [3.8, 4) is 11.3 Å². The zero-order chi connectivity index (χ0) is 23.6. The second-order valence-corrected chi connectivity index (χ2v) is 9.63. The number of nitrogens with zero attached hydrogens (tertiary/aromatic N) is 4. The maximum absolute atomic E-state index is 13.1. The quantitative estimate of drug-likeness (QED) is 0.399. The number of aromatic nitrogens is 3. The number of hydrogen-bond acceptors (Lipinski definition) is 7. The first-order chi connectivity index (χ1) is 17.3. The highest BCUT2D eigenvalue weighted by Gasteiger charge is 2.25. The Morgan fingerprint density at radius 2 is 1.77 bits per heavy atom. The number of benzene rings is 2. The number of para-hydroxylation sites is 2. The molecular weight excluding hydrogens is 458 g/mol. The summed E-state index contributed by atoms with van der Waals surface area (Å²) in [5.41, 5.74) is 6.86. The molecular formula is C26H27N7OS. The van der Waals surface area contributed by atoms with Crippen molar-refractivity contribution in [2.45, 2.75) is 13.0 Å². The fraction of sp³-hybridized carbons (Fsp3) is 0.269. The van der Waals surface area contributed by atoms with E-state index in [1.165, 1.54) is 16.9 Å². The van der Waals surface area contributed by atoms with Gasteiger partial charge in [0.1, 0.15) is 5.69 Å². The van der Waals surface area contributed by atoms with Gasteiger partial charge in [0.25, 0.3) is 5.91 Å². The Hall–Kier alpha value is -3.69. The van der Waals surface area contributed by atoms with E-state index in [2.05, 4.69) is 53.8 Å². The SMILES string of the molecule is O=C(Nc1ccccc1N1CCNCC1)c1csc(N2CCc3c(-c4ccccc4)n[nH]c3C2)n1. The van der Waals surface area contributed by atoms with Crippen molar-refractivity contribution in [3.63, 3.8) is 0 Å². The van der Waals surface area contributed by atoms with Crippen LogP contribution in [0.1, 0.15) is 21.7 Å². The molecule has 1 saturated heterocycles. The fourth-order valence-electron chi connectivity index (χ4n) is 4.78. The first kappa shape index (κ1) is 21.8. The number of piperazine rings is 1. The number of carbonyl (C=O) groups is 1. The minimum atomic E-state index is -0.180. The van der Waals surface area contributed by atoms with E-state index in [-0.39, 0.29) is 5.91 Å². The minimum absolute atomic E-state index is 0.180. The maximum Gasteiger partial charge on any atom is 0.275 e. The normalized spacial score (nSPS) is 15.7. The molecule has 4 aromatic rings. The highest BCUT2D eigenvalue weighted by molar-refractivity contribution is 7.14. The van der Waals surface area contributed by atoms with E-state index < -0.39 is 0 Å². The molecule has 0 saturated carbocycles. The van der Waals surface area contributed by atoms with Gasteiger partial charge in [-0.2, -0.15) is 5.10 Å². The zero-order valence-electron chi connectivity index (χ0n) is 19.3. The summed E-state index contributed by atoms with van der Waals surface area (Å²) in [5.74, 6) is -0.180. The summed E-state index contributed by atoms with van der Waals surface area (Å²) in [6.07, 6.45) is 0.884. The molecule has 2 aromatic carbocycles. The smallest absolute Gasteiger partial charge is 0.275 e. The van der Waals surface area contributed by atoms with E-state index in [9.17, 15) is 4.79 Å².